The van der Waals surface area contributed by atoms with Gasteiger partial charge in [-0.25, -0.2) is 4.39 Å². The van der Waals surface area contributed by atoms with E-state index in [1.54, 1.807) is 6.92 Å². The zero-order valence-electron chi connectivity index (χ0n) is 15.6. The van der Waals surface area contributed by atoms with Crippen molar-refractivity contribution in [3.63, 3.8) is 0 Å². The van der Waals surface area contributed by atoms with Crippen LogP contribution < -0.4 is 4.74 Å². The van der Waals surface area contributed by atoms with Gasteiger partial charge in [-0.1, -0.05) is 6.07 Å². The fourth-order valence-corrected chi connectivity index (χ4v) is 3.79. The minimum Gasteiger partial charge on any atom is -0.493 e. The highest BCUT2D eigenvalue weighted by atomic mass is 19.2. The molecule has 4 unspecified atom stereocenters. The first kappa shape index (κ1) is 20.8. The first-order chi connectivity index (χ1) is 12.7. The highest BCUT2D eigenvalue weighted by molar-refractivity contribution is 5.92. The number of hydrogen-bond acceptors (Lipinski definition) is 5. The molecule has 0 saturated carbocycles. The van der Waals surface area contributed by atoms with Crippen LogP contribution in [0.3, 0.4) is 0 Å². The molecule has 1 heterocycles. The lowest BCUT2D eigenvalue weighted by Gasteiger charge is -2.44. The molecule has 1 aliphatic rings. The number of carboxylic acid groups (broad SMARTS) is 1. The summed E-state index contributed by atoms with van der Waals surface area (Å²) in [7, 11) is 2.67. The molecule has 6 nitrogen and oxygen atoms in total. The average Bonchev–Trinajstić information content (AvgIpc) is 2.63. The molecule has 0 radical (unpaired) electrons. The molecule has 27 heavy (non-hydrogen) atoms. The lowest BCUT2D eigenvalue weighted by atomic mass is 9.60. The Hall–Kier alpha value is -2.53. The number of ether oxygens (including phenoxy) is 2. The number of carbonyl (C=O) groups is 1. The number of carboxylic acids is 1. The fourth-order valence-electron chi connectivity index (χ4n) is 3.79. The Bertz CT molecular complexity index is 806. The van der Waals surface area contributed by atoms with Gasteiger partial charge < -0.3 is 14.6 Å². The molecule has 146 valence electrons. The van der Waals surface area contributed by atoms with E-state index in [0.29, 0.717) is 12.1 Å². The number of rotatable bonds is 6. The maximum absolute atomic E-state index is 14.3. The Balaban J connectivity index is 2.77. The number of halogens is 2. The molecule has 1 aliphatic heterocycles. The van der Waals surface area contributed by atoms with Crippen molar-refractivity contribution >= 4 is 11.7 Å². The van der Waals surface area contributed by atoms with Crippen LogP contribution in [0.2, 0.25) is 0 Å². The number of hydrogen-bond donors (Lipinski definition) is 1. The molecule has 0 aliphatic carbocycles. The van der Waals surface area contributed by atoms with Crippen LogP contribution in [0.15, 0.2) is 17.1 Å². The van der Waals surface area contributed by atoms with Crippen LogP contribution in [0.5, 0.6) is 5.75 Å². The third-order valence-corrected chi connectivity index (χ3v) is 5.30. The van der Waals surface area contributed by atoms with Gasteiger partial charge in [-0.3, -0.25) is 9.79 Å². The van der Waals surface area contributed by atoms with Crippen molar-refractivity contribution in [2.24, 2.45) is 16.3 Å². The van der Waals surface area contributed by atoms with E-state index < -0.39 is 46.6 Å². The smallest absolute Gasteiger partial charge is 0.312 e. The van der Waals surface area contributed by atoms with Crippen molar-refractivity contribution in [3.05, 3.63) is 29.3 Å². The van der Waals surface area contributed by atoms with Crippen LogP contribution in [-0.4, -0.2) is 43.7 Å². The first-order valence-corrected chi connectivity index (χ1v) is 8.42. The van der Waals surface area contributed by atoms with Gasteiger partial charge in [-0.15, -0.1) is 0 Å². The first-order valence-electron chi connectivity index (χ1n) is 8.42. The van der Waals surface area contributed by atoms with Gasteiger partial charge in [-0.05, 0) is 26.3 Å². The predicted octanol–water partition coefficient (Wildman–Crippen LogP) is 3.17. The highest BCUT2D eigenvalue weighted by Gasteiger charge is 2.55. The fraction of sp³-hybridized carbons (Fsp3) is 0.526. The second kappa shape index (κ2) is 8.01. The molecule has 2 rings (SSSR count). The van der Waals surface area contributed by atoms with Crippen molar-refractivity contribution in [3.8, 4) is 11.8 Å². The maximum atomic E-state index is 14.3. The minimum absolute atomic E-state index is 0.129. The standard InChI is InChI=1S/C19H22F2N2O4/c1-10-12(9-22)15(11-5-6-13(20)16(21)17(11)27-4)19(2,18(24)25)14(23-10)7-8-26-3/h5-6,12,14-15H,7-8H2,1-4H3,(H,24,25). The zero-order chi connectivity index (χ0) is 20.4. The van der Waals surface area contributed by atoms with Gasteiger partial charge in [0, 0.05) is 30.9 Å². The van der Waals surface area contributed by atoms with Crippen molar-refractivity contribution in [1.82, 2.24) is 0 Å². The summed E-state index contributed by atoms with van der Waals surface area (Å²) in [5.41, 5.74) is -0.977. The van der Waals surface area contributed by atoms with Gasteiger partial charge in [0.2, 0.25) is 5.82 Å². The number of nitriles is 1. The summed E-state index contributed by atoms with van der Waals surface area (Å²) in [6, 6.07) is 3.56. The van der Waals surface area contributed by atoms with Gasteiger partial charge in [0.15, 0.2) is 11.6 Å². The quantitative estimate of drug-likeness (QED) is 0.818. The number of nitrogens with zero attached hydrogens (tertiary/aromatic N) is 2. The third kappa shape index (κ3) is 3.39. The minimum atomic E-state index is -1.55. The molecule has 1 aromatic rings. The summed E-state index contributed by atoms with van der Waals surface area (Å²) in [5.74, 6) is -5.82. The monoisotopic (exact) mass is 380 g/mol. The van der Waals surface area contributed by atoms with E-state index in [2.05, 4.69) is 11.1 Å². The number of aliphatic imine (C=N–C) groups is 1. The van der Waals surface area contributed by atoms with E-state index in [-0.39, 0.29) is 12.2 Å². The Kier molecular flexibility index (Phi) is 6.16. The highest BCUT2D eigenvalue weighted by Crippen LogP contribution is 2.52. The van der Waals surface area contributed by atoms with Gasteiger partial charge in [0.1, 0.15) is 0 Å². The van der Waals surface area contributed by atoms with Crippen LogP contribution in [0.4, 0.5) is 8.78 Å². The van der Waals surface area contributed by atoms with Gasteiger partial charge in [0.05, 0.1) is 30.6 Å². The van der Waals surface area contributed by atoms with Crippen LogP contribution in [0.1, 0.15) is 31.7 Å². The van der Waals surface area contributed by atoms with Crippen molar-refractivity contribution in [2.75, 3.05) is 20.8 Å². The Morgan fingerprint density at radius 2 is 2.07 bits per heavy atom. The molecular formula is C19H22F2N2O4. The van der Waals surface area contributed by atoms with E-state index in [1.165, 1.54) is 27.2 Å². The second-order valence-corrected chi connectivity index (χ2v) is 6.72. The zero-order valence-corrected chi connectivity index (χ0v) is 15.6. The number of aliphatic carboxylic acids is 1. The van der Waals surface area contributed by atoms with E-state index in [1.807, 2.05) is 0 Å². The van der Waals surface area contributed by atoms with Crippen molar-refractivity contribution in [1.29, 1.82) is 5.26 Å². The maximum Gasteiger partial charge on any atom is 0.312 e. The molecule has 0 aromatic heterocycles. The molecule has 0 amide bonds. The Morgan fingerprint density at radius 1 is 1.41 bits per heavy atom. The lowest BCUT2D eigenvalue weighted by Crippen LogP contribution is -2.51. The van der Waals surface area contributed by atoms with Crippen molar-refractivity contribution < 1.29 is 28.2 Å². The Labute approximate surface area is 156 Å². The summed E-state index contributed by atoms with van der Waals surface area (Å²) >= 11 is 0. The summed E-state index contributed by atoms with van der Waals surface area (Å²) in [6.45, 7) is 3.37. The van der Waals surface area contributed by atoms with Gasteiger partial charge in [0.25, 0.3) is 0 Å². The van der Waals surface area contributed by atoms with Crippen molar-refractivity contribution in [2.45, 2.75) is 32.2 Å². The summed E-state index contributed by atoms with van der Waals surface area (Å²) in [6.07, 6.45) is 0.303. The van der Waals surface area contributed by atoms with Crippen LogP contribution in [-0.2, 0) is 9.53 Å². The second-order valence-electron chi connectivity index (χ2n) is 6.72. The van der Waals surface area contributed by atoms with E-state index in [9.17, 15) is 23.9 Å². The molecule has 1 aromatic carbocycles. The number of methoxy groups -OCH3 is 2. The SMILES string of the molecule is COCCC1N=C(C)C(C#N)C(c2ccc(F)c(F)c2OC)C1(C)C(=O)O. The topological polar surface area (TPSA) is 91.9 Å². The molecule has 0 fully saturated rings. The lowest BCUT2D eigenvalue weighted by molar-refractivity contribution is -0.152. The molecular weight excluding hydrogens is 358 g/mol. The van der Waals surface area contributed by atoms with Gasteiger partial charge >= 0.3 is 5.97 Å². The van der Waals surface area contributed by atoms with Crippen LogP contribution in [0.25, 0.3) is 0 Å². The molecule has 0 bridgehead atoms. The normalized spacial score (nSPS) is 27.6. The van der Waals surface area contributed by atoms with Gasteiger partial charge in [-0.2, -0.15) is 9.65 Å². The summed E-state index contributed by atoms with van der Waals surface area (Å²) in [5, 5.41) is 19.8. The van der Waals surface area contributed by atoms with Crippen LogP contribution >= 0.6 is 0 Å². The summed E-state index contributed by atoms with van der Waals surface area (Å²) < 4.78 is 38.1. The van der Waals surface area contributed by atoms with Crippen LogP contribution in [0, 0.1) is 34.3 Å². The average molecular weight is 380 g/mol. The number of benzene rings is 1. The molecule has 0 spiro atoms. The predicted molar refractivity (Wildman–Crippen MR) is 93.9 cm³/mol. The Morgan fingerprint density at radius 3 is 2.59 bits per heavy atom. The third-order valence-electron chi connectivity index (χ3n) is 5.30. The van der Waals surface area contributed by atoms with E-state index in [4.69, 9.17) is 9.47 Å². The molecule has 4 atom stereocenters. The van der Waals surface area contributed by atoms with E-state index in [0.717, 1.165) is 6.07 Å². The molecule has 8 heteroatoms. The largest absolute Gasteiger partial charge is 0.493 e. The molecule has 0 saturated heterocycles. The van der Waals surface area contributed by atoms with E-state index >= 15 is 0 Å². The summed E-state index contributed by atoms with van der Waals surface area (Å²) in [4.78, 5) is 16.8. The molecule has 1 N–H and O–H groups in total.